The van der Waals surface area contributed by atoms with Crippen molar-refractivity contribution in [2.45, 2.75) is 49.4 Å². The Kier molecular flexibility index (Phi) is 11.8. The Morgan fingerprint density at radius 3 is 1.96 bits per heavy atom. The summed E-state index contributed by atoms with van der Waals surface area (Å²) in [6.45, 7) is 0.384. The van der Waals surface area contributed by atoms with Gasteiger partial charge in [0, 0.05) is 37.7 Å². The first-order chi connectivity index (χ1) is 23.6. The molecule has 13 heteroatoms. The predicted molar refractivity (Wildman–Crippen MR) is 179 cm³/mol. The van der Waals surface area contributed by atoms with Crippen LogP contribution < -0.4 is 5.32 Å². The molecule has 0 saturated carbocycles. The number of likely N-dealkylation sites (tertiary alicyclic amines) is 1. The molecule has 1 aliphatic rings. The summed E-state index contributed by atoms with van der Waals surface area (Å²) in [7, 11) is 0. The number of amides is 1. The number of alkyl halides is 6. The number of halogens is 8. The van der Waals surface area contributed by atoms with Crippen molar-refractivity contribution < 1.29 is 41.0 Å². The number of nitrogens with zero attached hydrogens (tertiary/aromatic N) is 1. The van der Waals surface area contributed by atoms with Crippen molar-refractivity contribution in [3.8, 4) is 0 Å². The second kappa shape index (κ2) is 15.7. The number of nitrogens with one attached hydrogen (secondary N) is 1. The van der Waals surface area contributed by atoms with Gasteiger partial charge in [0.15, 0.2) is 0 Å². The van der Waals surface area contributed by atoms with Gasteiger partial charge < -0.3 is 20.1 Å². The summed E-state index contributed by atoms with van der Waals surface area (Å²) in [5, 5.41) is 14.8. The third-order valence-corrected chi connectivity index (χ3v) is 9.62. The van der Waals surface area contributed by atoms with E-state index in [1.807, 2.05) is 35.2 Å². The van der Waals surface area contributed by atoms with E-state index in [0.717, 1.165) is 5.56 Å². The Labute approximate surface area is 295 Å². The fourth-order valence-electron chi connectivity index (χ4n) is 6.10. The minimum Gasteiger partial charge on any atom is -0.385 e. The maximum Gasteiger partial charge on any atom is 0.416 e. The minimum atomic E-state index is -5.02. The Morgan fingerprint density at radius 1 is 0.820 bits per heavy atom. The number of hydrogen-bond acceptors (Lipinski definition) is 4. The average molecular weight is 740 g/mol. The first-order valence-electron chi connectivity index (χ1n) is 15.8. The number of aliphatic hydroxyl groups is 1. The largest absolute Gasteiger partial charge is 0.416 e. The number of carbonyl (C=O) groups excluding carboxylic acids is 1. The lowest BCUT2D eigenvalue weighted by Crippen LogP contribution is -2.47. The molecule has 0 aliphatic carbocycles. The SMILES string of the molecule is O=C(NCC(c1ccc(Cl)c(Cl)c1)[C@@H](CN1CCC(O)(c2ccccc2)CC1)OCc1cc(C(F)(F)F)cc(C(F)(F)F)c1)c1ccccc1. The van der Waals surface area contributed by atoms with E-state index in [9.17, 15) is 36.2 Å². The second-order valence-corrected chi connectivity index (χ2v) is 13.1. The molecule has 1 amide bonds. The smallest absolute Gasteiger partial charge is 0.385 e. The quantitative estimate of drug-likeness (QED) is 0.151. The number of carbonyl (C=O) groups is 1. The highest BCUT2D eigenvalue weighted by atomic mass is 35.5. The summed E-state index contributed by atoms with van der Waals surface area (Å²) in [5.74, 6) is -1.08. The van der Waals surface area contributed by atoms with Crippen LogP contribution >= 0.6 is 23.2 Å². The number of ether oxygens (including phenoxy) is 1. The van der Waals surface area contributed by atoms with E-state index in [1.54, 1.807) is 48.5 Å². The van der Waals surface area contributed by atoms with E-state index in [0.29, 0.717) is 49.2 Å². The highest BCUT2D eigenvalue weighted by molar-refractivity contribution is 6.42. The van der Waals surface area contributed by atoms with Crippen molar-refractivity contribution in [1.82, 2.24) is 10.2 Å². The summed E-state index contributed by atoms with van der Waals surface area (Å²) in [6, 6.07) is 23.8. The van der Waals surface area contributed by atoms with Gasteiger partial charge in [-0.1, -0.05) is 77.8 Å². The summed E-state index contributed by atoms with van der Waals surface area (Å²) < 4.78 is 88.3. The van der Waals surface area contributed by atoms with Crippen molar-refractivity contribution in [2.75, 3.05) is 26.2 Å². The van der Waals surface area contributed by atoms with Gasteiger partial charge in [0.2, 0.25) is 0 Å². The monoisotopic (exact) mass is 738 g/mol. The van der Waals surface area contributed by atoms with Crippen LogP contribution in [-0.2, 0) is 29.3 Å². The third kappa shape index (κ3) is 9.58. The van der Waals surface area contributed by atoms with E-state index in [4.69, 9.17) is 27.9 Å². The van der Waals surface area contributed by atoms with E-state index < -0.39 is 53.6 Å². The van der Waals surface area contributed by atoms with Crippen LogP contribution in [0.5, 0.6) is 0 Å². The normalized spacial score (nSPS) is 16.5. The lowest BCUT2D eigenvalue weighted by atomic mass is 9.84. The Morgan fingerprint density at radius 2 is 1.40 bits per heavy atom. The molecule has 1 heterocycles. The van der Waals surface area contributed by atoms with Crippen LogP contribution in [0.4, 0.5) is 26.3 Å². The van der Waals surface area contributed by atoms with Crippen LogP contribution in [0.25, 0.3) is 0 Å². The van der Waals surface area contributed by atoms with Gasteiger partial charge in [-0.05, 0) is 72.0 Å². The van der Waals surface area contributed by atoms with Gasteiger partial charge in [0.1, 0.15) is 0 Å². The number of piperidine rings is 1. The molecule has 5 nitrogen and oxygen atoms in total. The summed E-state index contributed by atoms with van der Waals surface area (Å²) in [5.41, 5.74) is -2.56. The van der Waals surface area contributed by atoms with Crippen molar-refractivity contribution >= 4 is 29.1 Å². The molecule has 5 rings (SSSR count). The molecule has 4 aromatic carbocycles. The zero-order valence-corrected chi connectivity index (χ0v) is 28.1. The van der Waals surface area contributed by atoms with Crippen LogP contribution in [0.2, 0.25) is 10.0 Å². The van der Waals surface area contributed by atoms with E-state index in [2.05, 4.69) is 5.32 Å². The third-order valence-electron chi connectivity index (χ3n) is 8.88. The number of hydrogen-bond donors (Lipinski definition) is 2. The van der Waals surface area contributed by atoms with Gasteiger partial charge in [-0.25, -0.2) is 0 Å². The molecule has 2 N–H and O–H groups in total. The highest BCUT2D eigenvalue weighted by Gasteiger charge is 2.38. The summed E-state index contributed by atoms with van der Waals surface area (Å²) >= 11 is 12.6. The lowest BCUT2D eigenvalue weighted by Gasteiger charge is -2.41. The van der Waals surface area contributed by atoms with Gasteiger partial charge in [0.05, 0.1) is 39.5 Å². The molecule has 1 saturated heterocycles. The molecule has 2 atom stereocenters. The maximum atomic E-state index is 13.7. The molecule has 0 spiro atoms. The maximum absolute atomic E-state index is 13.7. The first kappa shape index (κ1) is 37.6. The molecule has 4 aromatic rings. The van der Waals surface area contributed by atoms with Gasteiger partial charge in [-0.15, -0.1) is 0 Å². The van der Waals surface area contributed by atoms with Gasteiger partial charge in [-0.3, -0.25) is 4.79 Å². The molecule has 0 aromatic heterocycles. The molecule has 50 heavy (non-hydrogen) atoms. The molecular formula is C37H34Cl2F6N2O3. The van der Waals surface area contributed by atoms with Crippen LogP contribution in [0.15, 0.2) is 97.1 Å². The van der Waals surface area contributed by atoms with E-state index in [1.165, 1.54) is 0 Å². The molecule has 266 valence electrons. The molecule has 1 unspecified atom stereocenters. The minimum absolute atomic E-state index is 0.0193. The Bertz CT molecular complexity index is 1720. The molecule has 1 fully saturated rings. The highest BCUT2D eigenvalue weighted by Crippen LogP contribution is 2.38. The average Bonchev–Trinajstić information content (AvgIpc) is 3.09. The standard InChI is InChI=1S/C37H34Cl2F6N2O3/c38-31-12-11-26(19-32(31)39)30(21-46-34(48)25-7-3-1-4-8-25)33(22-47-15-13-35(49,14-16-47)27-9-5-2-6-10-27)50-23-24-17-28(36(40,41)42)20-29(18-24)37(43,44)45/h1-12,17-20,30,33,49H,13-16,21-23H2,(H,46,48)/t30?,33-/m1/s1. The lowest BCUT2D eigenvalue weighted by molar-refractivity contribution is -0.143. The van der Waals surface area contributed by atoms with Crippen molar-refractivity contribution in [1.29, 1.82) is 0 Å². The molecule has 0 bridgehead atoms. The Balaban J connectivity index is 1.46. The Hall–Kier alpha value is -3.61. The summed E-state index contributed by atoms with van der Waals surface area (Å²) in [6.07, 6.45) is -10.2. The van der Waals surface area contributed by atoms with Crippen LogP contribution in [0, 0.1) is 0 Å². The number of rotatable bonds is 11. The summed E-state index contributed by atoms with van der Waals surface area (Å²) in [4.78, 5) is 15.1. The zero-order valence-electron chi connectivity index (χ0n) is 26.6. The van der Waals surface area contributed by atoms with Crippen LogP contribution in [0.1, 0.15) is 56.9 Å². The van der Waals surface area contributed by atoms with Crippen molar-refractivity contribution in [3.05, 3.63) is 140 Å². The molecule has 1 aliphatic heterocycles. The zero-order chi connectivity index (χ0) is 36.1. The molecule has 0 radical (unpaired) electrons. The second-order valence-electron chi connectivity index (χ2n) is 12.3. The van der Waals surface area contributed by atoms with E-state index in [-0.39, 0.29) is 34.8 Å². The fraction of sp³-hybridized carbons (Fsp3) is 0.324. The predicted octanol–water partition coefficient (Wildman–Crippen LogP) is 9.11. The number of benzene rings is 4. The van der Waals surface area contributed by atoms with Gasteiger partial charge in [0.25, 0.3) is 5.91 Å². The van der Waals surface area contributed by atoms with Crippen molar-refractivity contribution in [3.63, 3.8) is 0 Å². The van der Waals surface area contributed by atoms with Crippen LogP contribution in [-0.4, -0.2) is 48.2 Å². The van der Waals surface area contributed by atoms with Gasteiger partial charge >= 0.3 is 12.4 Å². The topological polar surface area (TPSA) is 61.8 Å². The first-order valence-corrected chi connectivity index (χ1v) is 16.6. The van der Waals surface area contributed by atoms with Crippen LogP contribution in [0.3, 0.4) is 0 Å². The molecular weight excluding hydrogens is 705 g/mol. The van der Waals surface area contributed by atoms with Crippen molar-refractivity contribution in [2.24, 2.45) is 0 Å². The fourth-order valence-corrected chi connectivity index (χ4v) is 6.41. The van der Waals surface area contributed by atoms with Gasteiger partial charge in [-0.2, -0.15) is 26.3 Å². The van der Waals surface area contributed by atoms with E-state index >= 15 is 0 Å².